The Morgan fingerprint density at radius 3 is 2.68 bits per heavy atom. The van der Waals surface area contributed by atoms with E-state index >= 15 is 0 Å². The molecule has 2 aromatic rings. The van der Waals surface area contributed by atoms with Crippen LogP contribution in [0.5, 0.6) is 0 Å². The molecule has 44 heavy (non-hydrogen) atoms. The fourth-order valence-electron chi connectivity index (χ4n) is 7.29. The Morgan fingerprint density at radius 1 is 1.20 bits per heavy atom. The summed E-state index contributed by atoms with van der Waals surface area (Å²) < 4.78 is 30.6. The lowest BCUT2D eigenvalue weighted by Gasteiger charge is -2.39. The van der Waals surface area contributed by atoms with Crippen LogP contribution in [-0.2, 0) is 18.7 Å². The molecule has 0 radical (unpaired) electrons. The van der Waals surface area contributed by atoms with Crippen molar-refractivity contribution < 1.29 is 18.7 Å². The van der Waals surface area contributed by atoms with E-state index in [4.69, 9.17) is 18.7 Å². The van der Waals surface area contributed by atoms with Crippen molar-refractivity contribution in [2.24, 2.45) is 16.8 Å². The zero-order chi connectivity index (χ0) is 31.0. The summed E-state index contributed by atoms with van der Waals surface area (Å²) in [6, 6.07) is 2.94. The molecule has 4 fully saturated rings. The number of nitriles is 1. The van der Waals surface area contributed by atoms with Crippen molar-refractivity contribution in [2.45, 2.75) is 76.2 Å². The fourth-order valence-corrected chi connectivity index (χ4v) is 10.1. The second-order valence-electron chi connectivity index (χ2n) is 13.1. The molecule has 0 amide bonds. The van der Waals surface area contributed by atoms with E-state index in [0.29, 0.717) is 60.3 Å². The van der Waals surface area contributed by atoms with Crippen LogP contribution in [0.2, 0.25) is 0 Å². The highest BCUT2D eigenvalue weighted by molar-refractivity contribution is 7.51. The van der Waals surface area contributed by atoms with Gasteiger partial charge in [0, 0.05) is 57.4 Å². The van der Waals surface area contributed by atoms with Crippen LogP contribution >= 0.6 is 8.30 Å². The summed E-state index contributed by atoms with van der Waals surface area (Å²) in [7, 11) is 2.94. The van der Waals surface area contributed by atoms with E-state index < -0.39 is 13.9 Å². The van der Waals surface area contributed by atoms with Gasteiger partial charge in [0.25, 0.3) is 0 Å². The van der Waals surface area contributed by atoms with Crippen LogP contribution in [0.1, 0.15) is 46.8 Å². The summed E-state index contributed by atoms with van der Waals surface area (Å²) in [4.78, 5) is 22.5. The Hall–Kier alpha value is -2.30. The lowest BCUT2D eigenvalue weighted by molar-refractivity contribution is -0.180. The highest BCUT2D eigenvalue weighted by Gasteiger charge is 2.69. The van der Waals surface area contributed by atoms with Gasteiger partial charge in [-0.25, -0.2) is 19.9 Å². The van der Waals surface area contributed by atoms with Gasteiger partial charge >= 0.3 is 0 Å². The molecule has 0 spiro atoms. The minimum atomic E-state index is -0.894. The molecule has 240 valence electrons. The zero-order valence-electron chi connectivity index (χ0n) is 26.7. The molecule has 7 atom stereocenters. The standard InChI is InChI=1S/C30H46N9O4P/c1-20(2)39(21(3)4)44(42-11-7-8-31)23-14-22(23)24-26-29(43-30(24,16-41-26)15-37-9-12-40-13-10-37)38-19-34-25-27(35-18-36(5)6)32-17-33-28(25)38/h17-24,26,29H,7,9-16H2,1-6H3/b35-18+/t22?,23?,24?,26?,29-,30+,44?/m1/s1. The first kappa shape index (κ1) is 31.7. The fraction of sp³-hybridized carbons (Fsp3) is 0.767. The number of fused-ring (bicyclic) bond motifs is 3. The number of aromatic nitrogens is 4. The largest absolute Gasteiger partial charge is 0.379 e. The number of nitrogens with zero attached hydrogens (tertiary/aromatic N) is 9. The van der Waals surface area contributed by atoms with Crippen molar-refractivity contribution >= 4 is 31.6 Å². The predicted molar refractivity (Wildman–Crippen MR) is 168 cm³/mol. The van der Waals surface area contributed by atoms with E-state index in [2.05, 4.69) is 63.3 Å². The van der Waals surface area contributed by atoms with Gasteiger partial charge in [0.15, 0.2) is 23.2 Å². The Morgan fingerprint density at radius 2 is 1.98 bits per heavy atom. The average molecular weight is 628 g/mol. The number of hydrogen-bond donors (Lipinski definition) is 0. The molecule has 1 aliphatic carbocycles. The molecule has 5 heterocycles. The van der Waals surface area contributed by atoms with Gasteiger partial charge in [-0.1, -0.05) is 0 Å². The molecule has 3 aliphatic heterocycles. The molecule has 2 aromatic heterocycles. The summed E-state index contributed by atoms with van der Waals surface area (Å²) in [5.41, 5.74) is 1.25. The first-order valence-electron chi connectivity index (χ1n) is 15.8. The quantitative estimate of drug-likeness (QED) is 0.140. The van der Waals surface area contributed by atoms with Crippen molar-refractivity contribution in [3.63, 3.8) is 0 Å². The highest BCUT2D eigenvalue weighted by atomic mass is 31.2. The molecule has 5 unspecified atom stereocenters. The summed E-state index contributed by atoms with van der Waals surface area (Å²) >= 11 is 0. The normalized spacial score (nSPS) is 31.1. The molecule has 3 saturated heterocycles. The second-order valence-corrected chi connectivity index (χ2v) is 15.1. The number of hydrogen-bond acceptors (Lipinski definition) is 11. The van der Waals surface area contributed by atoms with E-state index in [1.165, 1.54) is 6.33 Å². The van der Waals surface area contributed by atoms with E-state index in [1.54, 1.807) is 12.7 Å². The maximum Gasteiger partial charge on any atom is 0.184 e. The van der Waals surface area contributed by atoms with Gasteiger partial charge in [-0.15, -0.1) is 0 Å². The molecule has 0 aromatic carbocycles. The number of aliphatic imine (C=N–C) groups is 1. The van der Waals surface area contributed by atoms with Crippen LogP contribution in [0.3, 0.4) is 0 Å². The zero-order valence-corrected chi connectivity index (χ0v) is 27.6. The smallest absolute Gasteiger partial charge is 0.184 e. The van der Waals surface area contributed by atoms with Gasteiger partial charge in [-0.2, -0.15) is 5.26 Å². The average Bonchev–Trinajstić information content (AvgIpc) is 3.35. The summed E-state index contributed by atoms with van der Waals surface area (Å²) in [6.45, 7) is 14.0. The summed E-state index contributed by atoms with van der Waals surface area (Å²) in [6.07, 6.45) is 6.01. The molecular weight excluding hydrogens is 581 g/mol. The van der Waals surface area contributed by atoms with Crippen LogP contribution in [0.15, 0.2) is 17.6 Å². The van der Waals surface area contributed by atoms with Gasteiger partial charge in [-0.05, 0) is 40.0 Å². The SMILES string of the molecule is CC(C)N(C(C)C)P(OCCC#N)C1CC1C1C2OC[C@]1(CN1CCOCC1)O[C@H]2n1cnc2c(/N=C/N(C)C)ncnc21. The second kappa shape index (κ2) is 13.2. The third kappa shape index (κ3) is 6.10. The van der Waals surface area contributed by atoms with Gasteiger partial charge in [0.05, 0.1) is 51.6 Å². The topological polar surface area (TPSA) is 126 Å². The highest BCUT2D eigenvalue weighted by Crippen LogP contribution is 2.68. The minimum Gasteiger partial charge on any atom is -0.379 e. The van der Waals surface area contributed by atoms with Crippen LogP contribution in [0, 0.1) is 23.2 Å². The molecule has 14 heteroatoms. The molecular formula is C30H46N9O4P. The van der Waals surface area contributed by atoms with Crippen molar-refractivity contribution in [3.8, 4) is 6.07 Å². The van der Waals surface area contributed by atoms with Gasteiger partial charge in [-0.3, -0.25) is 14.1 Å². The van der Waals surface area contributed by atoms with Gasteiger partial charge in [0.2, 0.25) is 0 Å². The van der Waals surface area contributed by atoms with Crippen molar-refractivity contribution in [1.29, 1.82) is 5.26 Å². The molecule has 0 N–H and O–H groups in total. The van der Waals surface area contributed by atoms with Crippen molar-refractivity contribution in [2.75, 3.05) is 60.2 Å². The Balaban J connectivity index is 1.32. The van der Waals surface area contributed by atoms with Crippen molar-refractivity contribution in [3.05, 3.63) is 12.7 Å². The molecule has 2 bridgehead atoms. The van der Waals surface area contributed by atoms with Crippen LogP contribution in [-0.4, -0.2) is 130 Å². The number of rotatable bonds is 13. The third-order valence-electron chi connectivity index (χ3n) is 9.01. The summed E-state index contributed by atoms with van der Waals surface area (Å²) in [5, 5.41) is 9.24. The summed E-state index contributed by atoms with van der Waals surface area (Å²) in [5.74, 6) is 1.11. The number of imidazole rings is 1. The van der Waals surface area contributed by atoms with Crippen LogP contribution in [0.25, 0.3) is 11.2 Å². The predicted octanol–water partition coefficient (Wildman–Crippen LogP) is 3.41. The molecule has 13 nitrogen and oxygen atoms in total. The molecule has 6 rings (SSSR count). The van der Waals surface area contributed by atoms with E-state index in [1.807, 2.05) is 23.6 Å². The minimum absolute atomic E-state index is 0.144. The molecule has 1 saturated carbocycles. The lowest BCUT2D eigenvalue weighted by Crippen LogP contribution is -2.52. The Labute approximate surface area is 261 Å². The van der Waals surface area contributed by atoms with Gasteiger partial charge in [0.1, 0.15) is 26.3 Å². The third-order valence-corrected chi connectivity index (χ3v) is 12.0. The Bertz CT molecular complexity index is 1350. The van der Waals surface area contributed by atoms with Gasteiger partial charge < -0.3 is 23.6 Å². The van der Waals surface area contributed by atoms with E-state index in [-0.39, 0.29) is 18.2 Å². The maximum absolute atomic E-state index is 9.24. The molecule has 4 aliphatic rings. The monoisotopic (exact) mass is 627 g/mol. The first-order chi connectivity index (χ1) is 21.2. The Kier molecular flexibility index (Phi) is 9.50. The first-order valence-corrected chi connectivity index (χ1v) is 17.1. The van der Waals surface area contributed by atoms with Crippen LogP contribution < -0.4 is 0 Å². The van der Waals surface area contributed by atoms with E-state index in [9.17, 15) is 5.26 Å². The number of morpholine rings is 1. The van der Waals surface area contributed by atoms with Crippen LogP contribution in [0.4, 0.5) is 5.82 Å². The maximum atomic E-state index is 9.24. The van der Waals surface area contributed by atoms with Crippen molar-refractivity contribution in [1.82, 2.24) is 34.0 Å². The van der Waals surface area contributed by atoms with E-state index in [0.717, 1.165) is 39.3 Å². The lowest BCUT2D eigenvalue weighted by atomic mass is 9.84. The number of ether oxygens (including phenoxy) is 3.